The van der Waals surface area contributed by atoms with E-state index in [1.54, 1.807) is 18.4 Å². The number of hydrogen-bond acceptors (Lipinski definition) is 6. The normalized spacial score (nSPS) is 13.6. The van der Waals surface area contributed by atoms with Crippen molar-refractivity contribution >= 4 is 33.3 Å². The molecule has 0 aromatic carbocycles. The lowest BCUT2D eigenvalue weighted by Crippen LogP contribution is -2.20. The number of hydrogen-bond donors (Lipinski definition) is 0. The van der Waals surface area contributed by atoms with Gasteiger partial charge in [-0.1, -0.05) is 6.92 Å². The lowest BCUT2D eigenvalue weighted by Gasteiger charge is -2.08. The highest BCUT2D eigenvalue weighted by Gasteiger charge is 2.23. The molecule has 3 aromatic heterocycles. The number of rotatable bonds is 3. The molecule has 0 saturated heterocycles. The second kappa shape index (κ2) is 5.93. The molecule has 1 aliphatic rings. The molecular formula is C16H15FN4OS2. The van der Waals surface area contributed by atoms with Crippen molar-refractivity contribution in [3.8, 4) is 0 Å². The van der Waals surface area contributed by atoms with Crippen LogP contribution in [0, 0.1) is 5.82 Å². The van der Waals surface area contributed by atoms with Gasteiger partial charge in [-0.3, -0.25) is 9.36 Å². The highest BCUT2D eigenvalue weighted by atomic mass is 32.2. The van der Waals surface area contributed by atoms with E-state index in [1.807, 2.05) is 6.92 Å². The molecule has 0 atom stereocenters. The molecule has 0 bridgehead atoms. The van der Waals surface area contributed by atoms with Crippen LogP contribution in [0.25, 0.3) is 10.2 Å². The van der Waals surface area contributed by atoms with Gasteiger partial charge >= 0.3 is 0 Å². The van der Waals surface area contributed by atoms with Crippen molar-refractivity contribution in [3.05, 3.63) is 38.6 Å². The Labute approximate surface area is 146 Å². The molecule has 5 nitrogen and oxygen atoms in total. The van der Waals surface area contributed by atoms with Crippen molar-refractivity contribution in [1.82, 2.24) is 19.5 Å². The lowest BCUT2D eigenvalue weighted by molar-refractivity contribution is 0.558. The van der Waals surface area contributed by atoms with Crippen LogP contribution in [-0.4, -0.2) is 19.5 Å². The van der Waals surface area contributed by atoms with Gasteiger partial charge in [0, 0.05) is 11.9 Å². The van der Waals surface area contributed by atoms with Crippen LogP contribution in [-0.2, 0) is 26.3 Å². The zero-order valence-electron chi connectivity index (χ0n) is 13.3. The Bertz CT molecular complexity index is 1010. The first-order valence-corrected chi connectivity index (χ1v) is 9.42. The van der Waals surface area contributed by atoms with Crippen LogP contribution in [0.3, 0.4) is 0 Å². The van der Waals surface area contributed by atoms with Crippen LogP contribution in [0.5, 0.6) is 0 Å². The van der Waals surface area contributed by atoms with Gasteiger partial charge in [0.1, 0.15) is 16.2 Å². The number of nitrogens with zero attached hydrogens (tertiary/aromatic N) is 4. The quantitative estimate of drug-likeness (QED) is 0.529. The summed E-state index contributed by atoms with van der Waals surface area (Å²) in [5, 5.41) is 1.39. The van der Waals surface area contributed by atoms with Gasteiger partial charge in [-0.05, 0) is 43.0 Å². The molecule has 8 heteroatoms. The number of fused-ring (bicyclic) bond motifs is 3. The fourth-order valence-corrected chi connectivity index (χ4v) is 5.14. The van der Waals surface area contributed by atoms with E-state index in [0.717, 1.165) is 46.8 Å². The van der Waals surface area contributed by atoms with Crippen LogP contribution < -0.4 is 5.56 Å². The van der Waals surface area contributed by atoms with E-state index in [-0.39, 0.29) is 10.6 Å². The number of thiophene rings is 1. The van der Waals surface area contributed by atoms with E-state index in [4.69, 9.17) is 0 Å². The van der Waals surface area contributed by atoms with Crippen LogP contribution >= 0.6 is 23.1 Å². The van der Waals surface area contributed by atoms with Crippen molar-refractivity contribution in [2.45, 2.75) is 42.8 Å². The Balaban J connectivity index is 1.84. The van der Waals surface area contributed by atoms with E-state index in [2.05, 4.69) is 15.0 Å². The minimum atomic E-state index is -0.437. The van der Waals surface area contributed by atoms with Gasteiger partial charge in [0.25, 0.3) is 5.56 Å². The average molecular weight is 362 g/mol. The van der Waals surface area contributed by atoms with Gasteiger partial charge in [-0.2, -0.15) is 0 Å². The summed E-state index contributed by atoms with van der Waals surface area (Å²) in [7, 11) is 1.68. The molecule has 1 aliphatic carbocycles. The summed E-state index contributed by atoms with van der Waals surface area (Å²) in [4.78, 5) is 27.3. The standard InChI is InChI=1S/C16H15FN4OS2/c1-3-9-12(17)14(19-7-18-9)24-16-20-13-11(15(22)21(16)2)8-5-4-6-10(8)23-13/h7H,3-6H2,1-2H3. The van der Waals surface area contributed by atoms with E-state index in [0.29, 0.717) is 17.3 Å². The predicted molar refractivity (Wildman–Crippen MR) is 92.4 cm³/mol. The Kier molecular flexibility index (Phi) is 3.88. The topological polar surface area (TPSA) is 60.7 Å². The highest BCUT2D eigenvalue weighted by Crippen LogP contribution is 2.36. The molecule has 4 rings (SSSR count). The summed E-state index contributed by atoms with van der Waals surface area (Å²) in [6, 6.07) is 0. The Hall–Kier alpha value is -1.80. The first kappa shape index (κ1) is 15.7. The number of aryl methyl sites for hydroxylation is 3. The number of halogens is 1. The smallest absolute Gasteiger partial charge is 0.262 e. The van der Waals surface area contributed by atoms with Crippen molar-refractivity contribution in [2.24, 2.45) is 7.05 Å². The van der Waals surface area contributed by atoms with E-state index >= 15 is 0 Å². The van der Waals surface area contributed by atoms with Crippen molar-refractivity contribution in [1.29, 1.82) is 0 Å². The third kappa shape index (κ3) is 2.36. The zero-order chi connectivity index (χ0) is 16.8. The maximum absolute atomic E-state index is 14.4. The van der Waals surface area contributed by atoms with Crippen LogP contribution in [0.1, 0.15) is 29.5 Å². The molecule has 0 spiro atoms. The third-order valence-electron chi connectivity index (χ3n) is 4.26. The van der Waals surface area contributed by atoms with Gasteiger partial charge < -0.3 is 0 Å². The van der Waals surface area contributed by atoms with E-state index in [9.17, 15) is 9.18 Å². The predicted octanol–water partition coefficient (Wildman–Crippen LogP) is 3.13. The monoisotopic (exact) mass is 362 g/mol. The summed E-state index contributed by atoms with van der Waals surface area (Å²) in [6.07, 6.45) is 4.90. The second-order valence-electron chi connectivity index (χ2n) is 5.69. The summed E-state index contributed by atoms with van der Waals surface area (Å²) in [6.45, 7) is 1.84. The van der Waals surface area contributed by atoms with Gasteiger partial charge in [0.2, 0.25) is 0 Å². The fraction of sp³-hybridized carbons (Fsp3) is 0.375. The van der Waals surface area contributed by atoms with Crippen LogP contribution in [0.2, 0.25) is 0 Å². The molecular weight excluding hydrogens is 347 g/mol. The first-order chi connectivity index (χ1) is 11.6. The maximum Gasteiger partial charge on any atom is 0.262 e. The lowest BCUT2D eigenvalue weighted by atomic mass is 10.2. The minimum Gasteiger partial charge on any atom is -0.290 e. The molecule has 0 aliphatic heterocycles. The zero-order valence-corrected chi connectivity index (χ0v) is 14.9. The summed E-state index contributed by atoms with van der Waals surface area (Å²) in [5.41, 5.74) is 1.46. The molecule has 0 unspecified atom stereocenters. The summed E-state index contributed by atoms with van der Waals surface area (Å²) < 4.78 is 15.9. The van der Waals surface area contributed by atoms with E-state index in [1.165, 1.54) is 15.8 Å². The summed E-state index contributed by atoms with van der Waals surface area (Å²) in [5.74, 6) is -0.437. The SMILES string of the molecule is CCc1ncnc(Sc2nc3sc4c(c3c(=O)n2C)CCC4)c1F. The Morgan fingerprint density at radius 3 is 3.00 bits per heavy atom. The molecule has 24 heavy (non-hydrogen) atoms. The molecule has 3 heterocycles. The van der Waals surface area contributed by atoms with Crippen LogP contribution in [0.4, 0.5) is 4.39 Å². The van der Waals surface area contributed by atoms with Gasteiger partial charge in [0.05, 0.1) is 11.1 Å². The number of aromatic nitrogens is 4. The molecule has 0 amide bonds. The van der Waals surface area contributed by atoms with Crippen molar-refractivity contribution < 1.29 is 4.39 Å². The molecule has 0 radical (unpaired) electrons. The van der Waals surface area contributed by atoms with E-state index < -0.39 is 5.82 Å². The van der Waals surface area contributed by atoms with Gasteiger partial charge in [-0.15, -0.1) is 11.3 Å². The first-order valence-electron chi connectivity index (χ1n) is 7.78. The minimum absolute atomic E-state index is 0.0629. The molecule has 0 fully saturated rings. The Morgan fingerprint density at radius 1 is 1.38 bits per heavy atom. The summed E-state index contributed by atoms with van der Waals surface area (Å²) >= 11 is 2.65. The largest absolute Gasteiger partial charge is 0.290 e. The van der Waals surface area contributed by atoms with Crippen LogP contribution in [0.15, 0.2) is 21.3 Å². The van der Waals surface area contributed by atoms with Gasteiger partial charge in [-0.25, -0.2) is 19.3 Å². The molecule has 0 saturated carbocycles. The van der Waals surface area contributed by atoms with Gasteiger partial charge in [0.15, 0.2) is 11.0 Å². The maximum atomic E-state index is 14.4. The Morgan fingerprint density at radius 2 is 2.21 bits per heavy atom. The molecule has 3 aromatic rings. The second-order valence-corrected chi connectivity index (χ2v) is 7.73. The highest BCUT2D eigenvalue weighted by molar-refractivity contribution is 7.99. The van der Waals surface area contributed by atoms with Crippen molar-refractivity contribution in [2.75, 3.05) is 0 Å². The molecule has 0 N–H and O–H groups in total. The fourth-order valence-electron chi connectivity index (χ4n) is 2.99. The molecule has 124 valence electrons. The van der Waals surface area contributed by atoms with Crippen molar-refractivity contribution in [3.63, 3.8) is 0 Å². The third-order valence-corrected chi connectivity index (χ3v) is 6.47. The average Bonchev–Trinajstić information content (AvgIpc) is 3.14.